The molecule has 0 radical (unpaired) electrons. The first-order valence-corrected chi connectivity index (χ1v) is 7.62. The molecule has 0 saturated heterocycles. The van der Waals surface area contributed by atoms with Crippen molar-refractivity contribution in [3.63, 3.8) is 0 Å². The van der Waals surface area contributed by atoms with Crippen LogP contribution in [0.15, 0.2) is 18.2 Å². The molecule has 0 aliphatic rings. The summed E-state index contributed by atoms with van der Waals surface area (Å²) in [4.78, 5) is 0. The molecule has 0 bridgehead atoms. The molecule has 21 heavy (non-hydrogen) atoms. The molecule has 0 aromatic heterocycles. The second kappa shape index (κ2) is 6.95. The van der Waals surface area contributed by atoms with Crippen LogP contribution in [0.5, 0.6) is 5.75 Å². The molecule has 1 N–H and O–H groups in total. The van der Waals surface area contributed by atoms with Gasteiger partial charge >= 0.3 is 0 Å². The first-order valence-electron chi connectivity index (χ1n) is 7.62. The van der Waals surface area contributed by atoms with Gasteiger partial charge in [-0.3, -0.25) is 5.32 Å². The Morgan fingerprint density at radius 3 is 2.43 bits per heavy atom. The van der Waals surface area contributed by atoms with Crippen LogP contribution in [-0.2, 0) is 5.41 Å². The van der Waals surface area contributed by atoms with E-state index in [1.807, 2.05) is 19.9 Å². The predicted octanol–water partition coefficient (Wildman–Crippen LogP) is 3.95. The third-order valence-electron chi connectivity index (χ3n) is 3.62. The molecule has 0 saturated carbocycles. The van der Waals surface area contributed by atoms with Gasteiger partial charge in [-0.2, -0.15) is 5.26 Å². The van der Waals surface area contributed by atoms with Gasteiger partial charge in [0.1, 0.15) is 11.3 Å². The van der Waals surface area contributed by atoms with Crippen LogP contribution < -0.4 is 10.1 Å². The van der Waals surface area contributed by atoms with E-state index in [9.17, 15) is 5.26 Å². The molecule has 0 fully saturated rings. The summed E-state index contributed by atoms with van der Waals surface area (Å²) in [6, 6.07) is 8.61. The van der Waals surface area contributed by atoms with E-state index in [0.717, 1.165) is 12.3 Å². The number of hydrogen-bond donors (Lipinski definition) is 1. The molecule has 0 aliphatic carbocycles. The molecule has 0 spiro atoms. The Bertz CT molecular complexity index is 511. The average molecular weight is 288 g/mol. The molecule has 116 valence electrons. The van der Waals surface area contributed by atoms with Gasteiger partial charge in [-0.05, 0) is 37.4 Å². The van der Waals surface area contributed by atoms with Crippen LogP contribution in [0.1, 0.15) is 52.2 Å². The minimum Gasteiger partial charge on any atom is -0.493 e. The van der Waals surface area contributed by atoms with E-state index in [1.165, 1.54) is 11.1 Å². The SMILES string of the molecule is CCNC(C)(C#N)CCOc1ccc(C)cc1C(C)(C)C. The van der Waals surface area contributed by atoms with Crippen LogP contribution in [0, 0.1) is 18.3 Å². The first kappa shape index (κ1) is 17.5. The Kier molecular flexibility index (Phi) is 5.80. The van der Waals surface area contributed by atoms with Crippen molar-refractivity contribution in [3.05, 3.63) is 29.3 Å². The van der Waals surface area contributed by atoms with Crippen molar-refractivity contribution < 1.29 is 4.74 Å². The number of aryl methyl sites for hydroxylation is 1. The summed E-state index contributed by atoms with van der Waals surface area (Å²) < 4.78 is 5.97. The van der Waals surface area contributed by atoms with E-state index < -0.39 is 5.54 Å². The van der Waals surface area contributed by atoms with Gasteiger partial charge in [0.05, 0.1) is 12.7 Å². The lowest BCUT2D eigenvalue weighted by Gasteiger charge is -2.25. The third-order valence-corrected chi connectivity index (χ3v) is 3.62. The second-order valence-corrected chi connectivity index (χ2v) is 6.82. The summed E-state index contributed by atoms with van der Waals surface area (Å²) in [5, 5.41) is 12.5. The maximum atomic E-state index is 9.27. The minimum atomic E-state index is -0.526. The Morgan fingerprint density at radius 1 is 1.24 bits per heavy atom. The number of hydrogen-bond acceptors (Lipinski definition) is 3. The van der Waals surface area contributed by atoms with E-state index in [2.05, 4.69) is 51.2 Å². The average Bonchev–Trinajstić information content (AvgIpc) is 2.39. The molecule has 0 amide bonds. The number of ether oxygens (including phenoxy) is 1. The normalized spacial score (nSPS) is 14.3. The number of nitrogens with one attached hydrogen (secondary N) is 1. The van der Waals surface area contributed by atoms with Crippen molar-refractivity contribution in [3.8, 4) is 11.8 Å². The van der Waals surface area contributed by atoms with Crippen molar-refractivity contribution in [2.24, 2.45) is 0 Å². The second-order valence-electron chi connectivity index (χ2n) is 6.82. The largest absolute Gasteiger partial charge is 0.493 e. The lowest BCUT2D eigenvalue weighted by Crippen LogP contribution is -2.42. The molecule has 1 aromatic carbocycles. The molecule has 3 nitrogen and oxygen atoms in total. The number of benzene rings is 1. The van der Waals surface area contributed by atoms with Crippen LogP contribution in [0.4, 0.5) is 0 Å². The van der Waals surface area contributed by atoms with Crippen molar-refractivity contribution >= 4 is 0 Å². The zero-order chi connectivity index (χ0) is 16.1. The number of rotatable bonds is 6. The maximum absolute atomic E-state index is 9.27. The fraction of sp³-hybridized carbons (Fsp3) is 0.611. The summed E-state index contributed by atoms with van der Waals surface area (Å²) in [6.07, 6.45) is 0.662. The molecule has 1 aromatic rings. The van der Waals surface area contributed by atoms with Gasteiger partial charge in [0.15, 0.2) is 0 Å². The minimum absolute atomic E-state index is 0.0432. The van der Waals surface area contributed by atoms with Gasteiger partial charge in [0, 0.05) is 6.42 Å². The Balaban J connectivity index is 2.79. The summed E-state index contributed by atoms with van der Waals surface area (Å²) in [7, 11) is 0. The topological polar surface area (TPSA) is 45.0 Å². The fourth-order valence-electron chi connectivity index (χ4n) is 2.29. The van der Waals surface area contributed by atoms with E-state index in [1.54, 1.807) is 0 Å². The van der Waals surface area contributed by atoms with Crippen LogP contribution in [0.2, 0.25) is 0 Å². The van der Waals surface area contributed by atoms with Gasteiger partial charge in [-0.1, -0.05) is 45.4 Å². The van der Waals surface area contributed by atoms with Crippen molar-refractivity contribution in [1.29, 1.82) is 5.26 Å². The molecule has 3 heteroatoms. The van der Waals surface area contributed by atoms with Gasteiger partial charge in [-0.15, -0.1) is 0 Å². The van der Waals surface area contributed by atoms with Crippen molar-refractivity contribution in [2.45, 2.75) is 58.9 Å². The molecule has 0 heterocycles. The van der Waals surface area contributed by atoms with Crippen LogP contribution >= 0.6 is 0 Å². The Labute approximate surface area is 129 Å². The van der Waals surface area contributed by atoms with E-state index in [4.69, 9.17) is 4.74 Å². The maximum Gasteiger partial charge on any atom is 0.123 e. The van der Waals surface area contributed by atoms with Crippen molar-refractivity contribution in [2.75, 3.05) is 13.2 Å². The zero-order valence-electron chi connectivity index (χ0n) is 14.2. The summed E-state index contributed by atoms with van der Waals surface area (Å²) in [5.74, 6) is 0.921. The highest BCUT2D eigenvalue weighted by atomic mass is 16.5. The number of nitriles is 1. The predicted molar refractivity (Wildman–Crippen MR) is 87.7 cm³/mol. The van der Waals surface area contributed by atoms with Gasteiger partial charge < -0.3 is 4.74 Å². The van der Waals surface area contributed by atoms with Gasteiger partial charge in [0.2, 0.25) is 0 Å². The van der Waals surface area contributed by atoms with Crippen molar-refractivity contribution in [1.82, 2.24) is 5.32 Å². The molecular weight excluding hydrogens is 260 g/mol. The highest BCUT2D eigenvalue weighted by molar-refractivity contribution is 5.41. The molecule has 1 rings (SSSR count). The summed E-state index contributed by atoms with van der Waals surface area (Å²) >= 11 is 0. The molecule has 0 aliphatic heterocycles. The van der Waals surface area contributed by atoms with Crippen LogP contribution in [0.3, 0.4) is 0 Å². The molecule has 1 unspecified atom stereocenters. The quantitative estimate of drug-likeness (QED) is 0.862. The molecule has 1 atom stereocenters. The highest BCUT2D eigenvalue weighted by Gasteiger charge is 2.23. The van der Waals surface area contributed by atoms with Crippen LogP contribution in [0.25, 0.3) is 0 Å². The standard InChI is InChI=1S/C18H28N2O/c1-7-20-18(6,13-19)10-11-21-16-9-8-14(2)12-15(16)17(3,4)5/h8-9,12,20H,7,10-11H2,1-6H3. The van der Waals surface area contributed by atoms with Crippen LogP contribution in [-0.4, -0.2) is 18.7 Å². The van der Waals surface area contributed by atoms with E-state index in [0.29, 0.717) is 13.0 Å². The zero-order valence-corrected chi connectivity index (χ0v) is 14.2. The monoisotopic (exact) mass is 288 g/mol. The summed E-state index contributed by atoms with van der Waals surface area (Å²) in [5.41, 5.74) is 1.97. The number of nitrogens with zero attached hydrogens (tertiary/aromatic N) is 1. The van der Waals surface area contributed by atoms with Gasteiger partial charge in [-0.25, -0.2) is 0 Å². The summed E-state index contributed by atoms with van der Waals surface area (Å²) in [6.45, 7) is 13.9. The Morgan fingerprint density at radius 2 is 1.90 bits per heavy atom. The smallest absolute Gasteiger partial charge is 0.123 e. The highest BCUT2D eigenvalue weighted by Crippen LogP contribution is 2.32. The Hall–Kier alpha value is -1.53. The van der Waals surface area contributed by atoms with E-state index in [-0.39, 0.29) is 5.41 Å². The van der Waals surface area contributed by atoms with Gasteiger partial charge in [0.25, 0.3) is 0 Å². The third kappa shape index (κ3) is 5.06. The molecular formula is C18H28N2O. The lowest BCUT2D eigenvalue weighted by molar-refractivity contribution is 0.263. The fourth-order valence-corrected chi connectivity index (χ4v) is 2.29. The van der Waals surface area contributed by atoms with E-state index >= 15 is 0 Å². The first-order chi connectivity index (χ1) is 9.72. The lowest BCUT2D eigenvalue weighted by atomic mass is 9.85.